The Morgan fingerprint density at radius 1 is 1.18 bits per heavy atom. The summed E-state index contributed by atoms with van der Waals surface area (Å²) >= 11 is 13.5. The molecule has 6 nitrogen and oxygen atoms in total. The number of rotatable bonds is 4. The van der Waals surface area contributed by atoms with Gasteiger partial charge >= 0.3 is 0 Å². The number of nitro groups is 1. The van der Waals surface area contributed by atoms with Crippen molar-refractivity contribution in [3.8, 4) is 11.1 Å². The van der Waals surface area contributed by atoms with Crippen LogP contribution in [0.15, 0.2) is 59.0 Å². The summed E-state index contributed by atoms with van der Waals surface area (Å²) in [5.74, 6) is 0. The molecule has 0 unspecified atom stereocenters. The van der Waals surface area contributed by atoms with E-state index in [1.54, 1.807) is 35.7 Å². The average molecular weight is 432 g/mol. The van der Waals surface area contributed by atoms with Crippen molar-refractivity contribution >= 4 is 50.4 Å². The van der Waals surface area contributed by atoms with Gasteiger partial charge in [-0.15, -0.1) is 11.3 Å². The molecule has 0 amide bonds. The van der Waals surface area contributed by atoms with Gasteiger partial charge in [0.2, 0.25) is 0 Å². The number of nitrogens with zero attached hydrogens (tertiary/aromatic N) is 3. The Balaban J connectivity index is 1.83. The number of aromatic nitrogens is 2. The highest BCUT2D eigenvalue weighted by Crippen LogP contribution is 2.32. The molecule has 2 heterocycles. The van der Waals surface area contributed by atoms with Crippen molar-refractivity contribution in [2.45, 2.75) is 6.54 Å². The summed E-state index contributed by atoms with van der Waals surface area (Å²) in [5.41, 5.74) is 1.69. The topological polar surface area (TPSA) is 78.0 Å². The molecule has 2 aromatic heterocycles. The van der Waals surface area contributed by atoms with Gasteiger partial charge in [-0.25, -0.2) is 4.98 Å². The van der Waals surface area contributed by atoms with Gasteiger partial charge in [0.15, 0.2) is 0 Å². The molecule has 0 atom stereocenters. The lowest BCUT2D eigenvalue weighted by atomic mass is 10.1. The molecule has 4 aromatic rings. The Bertz CT molecular complexity index is 1280. The van der Waals surface area contributed by atoms with Crippen molar-refractivity contribution in [1.82, 2.24) is 9.55 Å². The fourth-order valence-electron chi connectivity index (χ4n) is 2.91. The SMILES string of the molecule is O=c1c2c(-c3cccc([N+](=O)[O-])c3)csc2ncn1Cc1ccc(Cl)cc1Cl. The molecule has 0 aliphatic rings. The Morgan fingerprint density at radius 2 is 2.00 bits per heavy atom. The van der Waals surface area contributed by atoms with E-state index in [1.807, 2.05) is 0 Å². The largest absolute Gasteiger partial charge is 0.294 e. The van der Waals surface area contributed by atoms with E-state index in [2.05, 4.69) is 4.98 Å². The maximum atomic E-state index is 13.1. The molecule has 0 fully saturated rings. The number of thiophene rings is 1. The average Bonchev–Trinajstić information content (AvgIpc) is 3.11. The number of halogens is 2. The molecule has 0 saturated carbocycles. The van der Waals surface area contributed by atoms with Gasteiger partial charge in [0.25, 0.3) is 11.2 Å². The van der Waals surface area contributed by atoms with E-state index >= 15 is 0 Å². The molecule has 0 N–H and O–H groups in total. The second kappa shape index (κ2) is 7.35. The standard InChI is InChI=1S/C19H11Cl2N3O3S/c20-13-5-4-12(16(21)7-13)8-23-10-22-18-17(19(23)25)15(9-28-18)11-2-1-3-14(6-11)24(26)27/h1-7,9-10H,8H2. The van der Waals surface area contributed by atoms with Crippen molar-refractivity contribution in [2.75, 3.05) is 0 Å². The monoisotopic (exact) mass is 431 g/mol. The number of nitro benzene ring substituents is 1. The Hall–Kier alpha value is -2.74. The van der Waals surface area contributed by atoms with Gasteiger partial charge in [-0.05, 0) is 23.3 Å². The summed E-state index contributed by atoms with van der Waals surface area (Å²) in [7, 11) is 0. The molecule has 0 aliphatic heterocycles. The minimum Gasteiger partial charge on any atom is -0.294 e. The molecule has 4 rings (SSSR count). The molecular formula is C19H11Cl2N3O3S. The molecule has 0 radical (unpaired) electrons. The van der Waals surface area contributed by atoms with E-state index in [9.17, 15) is 14.9 Å². The van der Waals surface area contributed by atoms with E-state index in [0.29, 0.717) is 31.4 Å². The summed E-state index contributed by atoms with van der Waals surface area (Å²) in [6, 6.07) is 11.3. The van der Waals surface area contributed by atoms with Crippen LogP contribution in [0.5, 0.6) is 0 Å². The molecule has 9 heteroatoms. The number of hydrogen-bond donors (Lipinski definition) is 0. The fourth-order valence-corrected chi connectivity index (χ4v) is 4.29. The zero-order chi connectivity index (χ0) is 19.8. The third-order valence-electron chi connectivity index (χ3n) is 4.28. The normalized spacial score (nSPS) is 11.1. The molecular weight excluding hydrogens is 421 g/mol. The van der Waals surface area contributed by atoms with Crippen LogP contribution in [0.1, 0.15) is 5.56 Å². The quantitative estimate of drug-likeness (QED) is 0.320. The van der Waals surface area contributed by atoms with Crippen LogP contribution in [-0.4, -0.2) is 14.5 Å². The molecule has 0 bridgehead atoms. The summed E-state index contributed by atoms with van der Waals surface area (Å²) in [5, 5.41) is 14.3. The molecule has 0 saturated heterocycles. The summed E-state index contributed by atoms with van der Waals surface area (Å²) in [4.78, 5) is 28.7. The van der Waals surface area contributed by atoms with Gasteiger partial charge in [0, 0.05) is 33.1 Å². The van der Waals surface area contributed by atoms with E-state index < -0.39 is 4.92 Å². The van der Waals surface area contributed by atoms with E-state index in [4.69, 9.17) is 23.2 Å². The van der Waals surface area contributed by atoms with E-state index in [1.165, 1.54) is 34.4 Å². The predicted octanol–water partition coefficient (Wildman–Crippen LogP) is 5.39. The van der Waals surface area contributed by atoms with Gasteiger partial charge in [-0.1, -0.05) is 41.4 Å². The highest BCUT2D eigenvalue weighted by Gasteiger charge is 2.16. The predicted molar refractivity (Wildman–Crippen MR) is 112 cm³/mol. The van der Waals surface area contributed by atoms with Gasteiger partial charge in [0.1, 0.15) is 4.83 Å². The van der Waals surface area contributed by atoms with Crippen LogP contribution in [0.4, 0.5) is 5.69 Å². The molecule has 140 valence electrons. The number of benzene rings is 2. The number of non-ortho nitro benzene ring substituents is 1. The van der Waals surface area contributed by atoms with Crippen LogP contribution in [0, 0.1) is 10.1 Å². The van der Waals surface area contributed by atoms with Crippen LogP contribution in [0.2, 0.25) is 10.0 Å². The Kier molecular flexibility index (Phi) is 4.89. The third-order valence-corrected chi connectivity index (χ3v) is 5.76. The van der Waals surface area contributed by atoms with Crippen LogP contribution in [-0.2, 0) is 6.54 Å². The van der Waals surface area contributed by atoms with Crippen molar-refractivity contribution in [3.63, 3.8) is 0 Å². The Labute approximate surface area is 172 Å². The van der Waals surface area contributed by atoms with Crippen molar-refractivity contribution < 1.29 is 4.92 Å². The lowest BCUT2D eigenvalue weighted by molar-refractivity contribution is -0.384. The highest BCUT2D eigenvalue weighted by molar-refractivity contribution is 7.17. The van der Waals surface area contributed by atoms with Crippen molar-refractivity contribution in [2.24, 2.45) is 0 Å². The summed E-state index contributed by atoms with van der Waals surface area (Å²) < 4.78 is 1.46. The molecule has 0 spiro atoms. The van der Waals surface area contributed by atoms with E-state index in [0.717, 1.165) is 5.56 Å². The minimum absolute atomic E-state index is 0.0333. The second-order valence-corrected chi connectivity index (χ2v) is 7.75. The van der Waals surface area contributed by atoms with Crippen LogP contribution >= 0.6 is 34.5 Å². The molecule has 28 heavy (non-hydrogen) atoms. The summed E-state index contributed by atoms with van der Waals surface area (Å²) in [6.45, 7) is 0.238. The van der Waals surface area contributed by atoms with Gasteiger partial charge in [0.05, 0.1) is 23.2 Å². The van der Waals surface area contributed by atoms with Crippen LogP contribution in [0.25, 0.3) is 21.3 Å². The van der Waals surface area contributed by atoms with Crippen LogP contribution in [0.3, 0.4) is 0 Å². The van der Waals surface area contributed by atoms with Crippen molar-refractivity contribution in [1.29, 1.82) is 0 Å². The molecule has 0 aliphatic carbocycles. The van der Waals surface area contributed by atoms with Gasteiger partial charge in [-0.3, -0.25) is 19.5 Å². The van der Waals surface area contributed by atoms with Gasteiger partial charge in [-0.2, -0.15) is 0 Å². The maximum absolute atomic E-state index is 13.1. The number of hydrogen-bond acceptors (Lipinski definition) is 5. The number of fused-ring (bicyclic) bond motifs is 1. The zero-order valence-electron chi connectivity index (χ0n) is 14.1. The fraction of sp³-hybridized carbons (Fsp3) is 0.0526. The van der Waals surface area contributed by atoms with Gasteiger partial charge < -0.3 is 0 Å². The first-order valence-electron chi connectivity index (χ1n) is 8.09. The minimum atomic E-state index is -0.461. The Morgan fingerprint density at radius 3 is 2.75 bits per heavy atom. The third kappa shape index (κ3) is 3.40. The maximum Gasteiger partial charge on any atom is 0.270 e. The molecule has 2 aromatic carbocycles. The van der Waals surface area contributed by atoms with E-state index in [-0.39, 0.29) is 17.8 Å². The second-order valence-electron chi connectivity index (χ2n) is 6.05. The first-order valence-corrected chi connectivity index (χ1v) is 9.73. The first kappa shape index (κ1) is 18.6. The van der Waals surface area contributed by atoms with Crippen molar-refractivity contribution in [3.05, 3.63) is 90.2 Å². The summed E-state index contributed by atoms with van der Waals surface area (Å²) in [6.07, 6.45) is 1.48. The lowest BCUT2D eigenvalue weighted by Gasteiger charge is -2.08. The highest BCUT2D eigenvalue weighted by atomic mass is 35.5. The zero-order valence-corrected chi connectivity index (χ0v) is 16.5. The first-order chi connectivity index (χ1) is 13.4. The lowest BCUT2D eigenvalue weighted by Crippen LogP contribution is -2.21. The van der Waals surface area contributed by atoms with Crippen LogP contribution < -0.4 is 5.56 Å². The smallest absolute Gasteiger partial charge is 0.270 e.